The zero-order valence-electron chi connectivity index (χ0n) is 4.78. The molecule has 0 bridgehead atoms. The highest BCUT2D eigenvalue weighted by Crippen LogP contribution is 2.20. The Labute approximate surface area is 54.1 Å². The minimum atomic E-state index is 0.668. The van der Waals surface area contributed by atoms with E-state index in [2.05, 4.69) is 13.8 Å². The summed E-state index contributed by atoms with van der Waals surface area (Å²) in [6.07, 6.45) is 2.37. The fraction of sp³-hybridized carbons (Fsp3) is 1.00. The molecule has 0 N–H and O–H groups in total. The summed E-state index contributed by atoms with van der Waals surface area (Å²) in [5.41, 5.74) is 0. The van der Waals surface area contributed by atoms with Gasteiger partial charge in [-0.25, -0.2) is 0 Å². The van der Waals surface area contributed by atoms with E-state index in [4.69, 9.17) is 10.7 Å². The summed E-state index contributed by atoms with van der Waals surface area (Å²) >= 11 is 0. The van der Waals surface area contributed by atoms with E-state index in [1.807, 2.05) is 0 Å². The third-order valence-electron chi connectivity index (χ3n) is 1.04. The second kappa shape index (κ2) is 4.79. The topological polar surface area (TPSA) is 0 Å². The van der Waals surface area contributed by atoms with Gasteiger partial charge in [-0.05, 0) is 23.5 Å². The Morgan fingerprint density at radius 1 is 1.43 bits per heavy atom. The van der Waals surface area contributed by atoms with Crippen molar-refractivity contribution < 1.29 is 0 Å². The zero-order valence-corrected chi connectivity index (χ0v) is 6.35. The van der Waals surface area contributed by atoms with Gasteiger partial charge in [-0.3, -0.25) is 0 Å². The first-order chi connectivity index (χ1) is 3.35. The van der Waals surface area contributed by atoms with Gasteiger partial charge >= 0.3 is 0 Å². The molecule has 0 aliphatic rings. The summed E-state index contributed by atoms with van der Waals surface area (Å²) in [5, 5.41) is 0.668. The van der Waals surface area contributed by atoms with Crippen LogP contribution >= 0.6 is 21.7 Å². The molecule has 0 saturated heterocycles. The minimum absolute atomic E-state index is 0.668. The van der Waals surface area contributed by atoms with Gasteiger partial charge in [0.05, 0.1) is 0 Å². The highest BCUT2D eigenvalue weighted by Gasteiger charge is 1.98. The van der Waals surface area contributed by atoms with Gasteiger partial charge in [0.1, 0.15) is 0 Å². The molecule has 0 aliphatic carbocycles. The lowest BCUT2D eigenvalue weighted by Gasteiger charge is -2.02. The molecule has 0 spiro atoms. The fourth-order valence-corrected chi connectivity index (χ4v) is 1.42. The molecule has 0 nitrogen and oxygen atoms in total. The van der Waals surface area contributed by atoms with E-state index in [0.29, 0.717) is 5.25 Å². The fourth-order valence-electron chi connectivity index (χ4n) is 0.415. The summed E-state index contributed by atoms with van der Waals surface area (Å²) in [6, 6.07) is 0. The summed E-state index contributed by atoms with van der Waals surface area (Å²) < 4.78 is 0. The molecule has 0 unspecified atom stereocenters. The summed E-state index contributed by atoms with van der Waals surface area (Å²) in [6.45, 7) is 4.31. The molecule has 7 heavy (non-hydrogen) atoms. The van der Waals surface area contributed by atoms with Crippen molar-refractivity contribution in [3.8, 4) is 0 Å². The van der Waals surface area contributed by atoms with Gasteiger partial charge in [-0.1, -0.05) is 24.8 Å². The third-order valence-corrected chi connectivity index (χ3v) is 2.71. The van der Waals surface area contributed by atoms with Crippen molar-refractivity contribution in [3.05, 3.63) is 0 Å². The molecule has 44 valence electrons. The van der Waals surface area contributed by atoms with Crippen LogP contribution in [0.5, 0.6) is 0 Å². The Balaban J connectivity index is 2.99. The minimum Gasteiger partial charge on any atom is -0.0643 e. The standard InChI is InChI=1S/C5H11ClS/c1-3-5(4-2)7-6/h5H,3-4H2,1-2H3. The first-order valence-electron chi connectivity index (χ1n) is 2.62. The molecule has 0 aromatic carbocycles. The Bertz CT molecular complexity index is 29.6. The predicted molar refractivity (Wildman–Crippen MR) is 37.8 cm³/mol. The Hall–Kier alpha value is 0.640. The molecule has 0 aliphatic heterocycles. The number of hydrogen-bond donors (Lipinski definition) is 0. The van der Waals surface area contributed by atoms with E-state index in [1.165, 1.54) is 23.8 Å². The summed E-state index contributed by atoms with van der Waals surface area (Å²) in [4.78, 5) is 0. The van der Waals surface area contributed by atoms with Gasteiger partial charge in [0, 0.05) is 5.25 Å². The Morgan fingerprint density at radius 2 is 1.86 bits per heavy atom. The van der Waals surface area contributed by atoms with E-state index in [-0.39, 0.29) is 0 Å². The predicted octanol–water partition coefficient (Wildman–Crippen LogP) is 3.06. The Kier molecular flexibility index (Phi) is 5.23. The van der Waals surface area contributed by atoms with Crippen LogP contribution in [0.1, 0.15) is 26.7 Å². The van der Waals surface area contributed by atoms with Crippen LogP contribution in [0.15, 0.2) is 0 Å². The van der Waals surface area contributed by atoms with Crippen molar-refractivity contribution in [1.29, 1.82) is 0 Å². The van der Waals surface area contributed by atoms with Gasteiger partial charge < -0.3 is 0 Å². The number of halogens is 1. The maximum atomic E-state index is 5.48. The van der Waals surface area contributed by atoms with E-state index in [9.17, 15) is 0 Å². The SMILES string of the molecule is CCC(CC)SCl. The van der Waals surface area contributed by atoms with Crippen LogP contribution in [0, 0.1) is 0 Å². The van der Waals surface area contributed by atoms with Crippen LogP contribution in [0.2, 0.25) is 0 Å². The molecule has 0 aromatic heterocycles. The lowest BCUT2D eigenvalue weighted by atomic mass is 10.3. The largest absolute Gasteiger partial charge is 0.0643 e. The average molecular weight is 139 g/mol. The van der Waals surface area contributed by atoms with Crippen LogP contribution in [0.25, 0.3) is 0 Å². The molecule has 0 amide bonds. The van der Waals surface area contributed by atoms with E-state index >= 15 is 0 Å². The van der Waals surface area contributed by atoms with Crippen molar-refractivity contribution in [3.63, 3.8) is 0 Å². The smallest absolute Gasteiger partial charge is 0.0194 e. The summed E-state index contributed by atoms with van der Waals surface area (Å²) in [5.74, 6) is 0. The van der Waals surface area contributed by atoms with E-state index < -0.39 is 0 Å². The molecule has 0 aromatic rings. The molecule has 0 atom stereocenters. The zero-order chi connectivity index (χ0) is 5.70. The van der Waals surface area contributed by atoms with Gasteiger partial charge in [-0.15, -0.1) is 0 Å². The summed E-state index contributed by atoms with van der Waals surface area (Å²) in [7, 11) is 6.93. The van der Waals surface area contributed by atoms with Gasteiger partial charge in [-0.2, -0.15) is 0 Å². The molecule has 0 fully saturated rings. The van der Waals surface area contributed by atoms with Crippen molar-refractivity contribution >= 4 is 21.7 Å². The van der Waals surface area contributed by atoms with Crippen molar-refractivity contribution in [2.24, 2.45) is 0 Å². The normalized spacial score (nSPS) is 10.3. The van der Waals surface area contributed by atoms with Crippen molar-refractivity contribution in [2.75, 3.05) is 0 Å². The van der Waals surface area contributed by atoms with Gasteiger partial charge in [0.25, 0.3) is 0 Å². The third kappa shape index (κ3) is 3.24. The van der Waals surface area contributed by atoms with Crippen LogP contribution in [0.3, 0.4) is 0 Å². The molecule has 0 radical (unpaired) electrons. The van der Waals surface area contributed by atoms with Crippen molar-refractivity contribution in [2.45, 2.75) is 31.9 Å². The Morgan fingerprint density at radius 3 is 1.86 bits per heavy atom. The molecule has 0 rings (SSSR count). The maximum absolute atomic E-state index is 5.48. The lowest BCUT2D eigenvalue weighted by Crippen LogP contribution is -1.92. The highest BCUT2D eigenvalue weighted by molar-refractivity contribution is 8.21. The molecular formula is C5H11ClS. The number of hydrogen-bond acceptors (Lipinski definition) is 1. The van der Waals surface area contributed by atoms with Crippen LogP contribution in [0.4, 0.5) is 0 Å². The quantitative estimate of drug-likeness (QED) is 0.578. The van der Waals surface area contributed by atoms with Crippen molar-refractivity contribution in [1.82, 2.24) is 0 Å². The average Bonchev–Trinajstić information content (AvgIpc) is 1.72. The first-order valence-corrected chi connectivity index (χ1v) is 4.33. The van der Waals surface area contributed by atoms with Gasteiger partial charge in [0.2, 0.25) is 0 Å². The van der Waals surface area contributed by atoms with Gasteiger partial charge in [0.15, 0.2) is 0 Å². The highest BCUT2D eigenvalue weighted by atomic mass is 35.7. The molecule has 0 saturated carbocycles. The monoisotopic (exact) mass is 138 g/mol. The second-order valence-electron chi connectivity index (χ2n) is 1.53. The van der Waals surface area contributed by atoms with E-state index in [1.54, 1.807) is 0 Å². The van der Waals surface area contributed by atoms with E-state index in [0.717, 1.165) is 0 Å². The molecule has 2 heteroatoms. The van der Waals surface area contributed by atoms with Crippen LogP contribution < -0.4 is 0 Å². The second-order valence-corrected chi connectivity index (χ2v) is 2.91. The van der Waals surface area contributed by atoms with Crippen LogP contribution in [-0.4, -0.2) is 5.25 Å². The maximum Gasteiger partial charge on any atom is 0.0194 e. The lowest BCUT2D eigenvalue weighted by molar-refractivity contribution is 0.797. The molecular weight excluding hydrogens is 128 g/mol. The number of rotatable bonds is 3. The first kappa shape index (κ1) is 7.64. The van der Waals surface area contributed by atoms with Crippen LogP contribution in [-0.2, 0) is 0 Å². The molecule has 0 heterocycles.